The second-order valence-corrected chi connectivity index (χ2v) is 6.30. The van der Waals surface area contributed by atoms with Gasteiger partial charge in [0.25, 0.3) is 0 Å². The molecule has 0 amide bonds. The third-order valence-electron chi connectivity index (χ3n) is 4.73. The van der Waals surface area contributed by atoms with Crippen LogP contribution in [0.1, 0.15) is 42.2 Å². The Kier molecular flexibility index (Phi) is 4.55. The number of benzene rings is 1. The second-order valence-electron chi connectivity index (χ2n) is 6.30. The molecule has 6 nitrogen and oxygen atoms in total. The van der Waals surface area contributed by atoms with E-state index in [1.807, 2.05) is 30.5 Å². The molecule has 24 heavy (non-hydrogen) atoms. The van der Waals surface area contributed by atoms with Crippen LogP contribution < -0.4 is 4.74 Å². The largest absolute Gasteiger partial charge is 0.482 e. The van der Waals surface area contributed by atoms with Crippen molar-refractivity contribution in [2.24, 2.45) is 5.92 Å². The molecule has 0 N–H and O–H groups in total. The Labute approximate surface area is 141 Å². The summed E-state index contributed by atoms with van der Waals surface area (Å²) < 4.78 is 13.0. The molecule has 1 aliphatic rings. The SMILES string of the molecule is COC(=O)C1CCc2nnc(C(C)Oc3cccc(C)c3C)n2C1. The van der Waals surface area contributed by atoms with E-state index in [4.69, 9.17) is 9.47 Å². The van der Waals surface area contributed by atoms with Crippen molar-refractivity contribution in [2.75, 3.05) is 7.11 Å². The van der Waals surface area contributed by atoms with Gasteiger partial charge in [0.2, 0.25) is 0 Å². The smallest absolute Gasteiger partial charge is 0.310 e. The molecule has 0 spiro atoms. The van der Waals surface area contributed by atoms with Crippen molar-refractivity contribution in [3.05, 3.63) is 41.0 Å². The van der Waals surface area contributed by atoms with Crippen LogP contribution >= 0.6 is 0 Å². The van der Waals surface area contributed by atoms with E-state index < -0.39 is 0 Å². The molecule has 2 unspecified atom stereocenters. The molecule has 0 bridgehead atoms. The summed E-state index contributed by atoms with van der Waals surface area (Å²) in [5.74, 6) is 2.18. The highest BCUT2D eigenvalue weighted by Gasteiger charge is 2.30. The van der Waals surface area contributed by atoms with Crippen molar-refractivity contribution in [1.29, 1.82) is 0 Å². The van der Waals surface area contributed by atoms with Crippen molar-refractivity contribution in [1.82, 2.24) is 14.8 Å². The molecule has 3 rings (SSSR count). The first-order valence-electron chi connectivity index (χ1n) is 8.24. The van der Waals surface area contributed by atoms with Gasteiger partial charge < -0.3 is 14.0 Å². The maximum Gasteiger partial charge on any atom is 0.310 e. The number of hydrogen-bond acceptors (Lipinski definition) is 5. The molecular weight excluding hydrogens is 306 g/mol. The molecular formula is C18H23N3O3. The first kappa shape index (κ1) is 16.5. The predicted molar refractivity (Wildman–Crippen MR) is 88.8 cm³/mol. The minimum Gasteiger partial charge on any atom is -0.482 e. The quantitative estimate of drug-likeness (QED) is 0.807. The van der Waals surface area contributed by atoms with E-state index in [0.717, 1.165) is 35.8 Å². The van der Waals surface area contributed by atoms with Gasteiger partial charge in [-0.05, 0) is 44.4 Å². The van der Waals surface area contributed by atoms with Crippen molar-refractivity contribution < 1.29 is 14.3 Å². The zero-order chi connectivity index (χ0) is 17.3. The van der Waals surface area contributed by atoms with Gasteiger partial charge in [-0.25, -0.2) is 0 Å². The van der Waals surface area contributed by atoms with Crippen LogP contribution in [0.3, 0.4) is 0 Å². The maximum absolute atomic E-state index is 11.8. The predicted octanol–water partition coefficient (Wildman–Crippen LogP) is 2.77. The van der Waals surface area contributed by atoms with E-state index in [-0.39, 0.29) is 18.0 Å². The molecule has 1 aliphatic heterocycles. The van der Waals surface area contributed by atoms with Gasteiger partial charge in [-0.15, -0.1) is 10.2 Å². The maximum atomic E-state index is 11.8. The van der Waals surface area contributed by atoms with Gasteiger partial charge in [0, 0.05) is 13.0 Å². The normalized spacial score (nSPS) is 17.9. The number of rotatable bonds is 4. The van der Waals surface area contributed by atoms with Crippen LogP contribution in [0.2, 0.25) is 0 Å². The Morgan fingerprint density at radius 3 is 2.88 bits per heavy atom. The van der Waals surface area contributed by atoms with Crippen LogP contribution in [-0.2, 0) is 22.5 Å². The third kappa shape index (κ3) is 3.00. The summed E-state index contributed by atoms with van der Waals surface area (Å²) in [5, 5.41) is 8.56. The van der Waals surface area contributed by atoms with E-state index >= 15 is 0 Å². The second kappa shape index (κ2) is 6.63. The molecule has 1 aromatic carbocycles. The summed E-state index contributed by atoms with van der Waals surface area (Å²) in [4.78, 5) is 11.8. The number of methoxy groups -OCH3 is 1. The van der Waals surface area contributed by atoms with Gasteiger partial charge in [0.15, 0.2) is 11.9 Å². The Balaban J connectivity index is 1.82. The van der Waals surface area contributed by atoms with Gasteiger partial charge in [0.1, 0.15) is 11.6 Å². The van der Waals surface area contributed by atoms with E-state index in [2.05, 4.69) is 23.2 Å². The van der Waals surface area contributed by atoms with Crippen LogP contribution in [-0.4, -0.2) is 27.8 Å². The number of carbonyl (C=O) groups is 1. The standard InChI is InChI=1S/C18H23N3O3/c1-11-6-5-7-15(12(11)2)24-13(3)17-20-19-16-9-8-14(10-21(16)17)18(22)23-4/h5-7,13-14H,8-10H2,1-4H3. The number of nitrogens with zero attached hydrogens (tertiary/aromatic N) is 3. The zero-order valence-corrected chi connectivity index (χ0v) is 14.6. The zero-order valence-electron chi connectivity index (χ0n) is 14.6. The minimum atomic E-state index is -0.247. The van der Waals surface area contributed by atoms with E-state index in [1.54, 1.807) is 0 Å². The number of aryl methyl sites for hydroxylation is 2. The molecule has 128 valence electrons. The number of esters is 1. The number of carbonyl (C=O) groups excluding carboxylic acids is 1. The highest BCUT2D eigenvalue weighted by atomic mass is 16.5. The summed E-state index contributed by atoms with van der Waals surface area (Å²) in [6, 6.07) is 6.01. The molecule has 6 heteroatoms. The Bertz CT molecular complexity index is 754. The molecule has 2 aromatic rings. The van der Waals surface area contributed by atoms with Crippen molar-refractivity contribution in [3.8, 4) is 5.75 Å². The van der Waals surface area contributed by atoms with E-state index in [1.165, 1.54) is 12.7 Å². The fourth-order valence-corrected chi connectivity index (χ4v) is 3.10. The molecule has 0 fully saturated rings. The molecule has 0 saturated heterocycles. The van der Waals surface area contributed by atoms with Crippen molar-refractivity contribution in [3.63, 3.8) is 0 Å². The first-order valence-corrected chi connectivity index (χ1v) is 8.24. The minimum absolute atomic E-state index is 0.148. The van der Waals surface area contributed by atoms with Gasteiger partial charge in [-0.2, -0.15) is 0 Å². The Morgan fingerprint density at radius 2 is 2.12 bits per heavy atom. The van der Waals surface area contributed by atoms with Gasteiger partial charge >= 0.3 is 5.97 Å². The fourth-order valence-electron chi connectivity index (χ4n) is 3.10. The number of fused-ring (bicyclic) bond motifs is 1. The number of hydrogen-bond donors (Lipinski definition) is 0. The van der Waals surface area contributed by atoms with Crippen LogP contribution in [0.15, 0.2) is 18.2 Å². The molecule has 2 heterocycles. The topological polar surface area (TPSA) is 66.2 Å². The van der Waals surface area contributed by atoms with Crippen molar-refractivity contribution in [2.45, 2.75) is 46.3 Å². The summed E-state index contributed by atoms with van der Waals surface area (Å²) in [5.41, 5.74) is 2.31. The molecule has 0 radical (unpaired) electrons. The lowest BCUT2D eigenvalue weighted by Crippen LogP contribution is -2.29. The van der Waals surface area contributed by atoms with Crippen molar-refractivity contribution >= 4 is 5.97 Å². The van der Waals surface area contributed by atoms with E-state index in [0.29, 0.717) is 6.54 Å². The van der Waals surface area contributed by atoms with Gasteiger partial charge in [-0.1, -0.05) is 12.1 Å². The Hall–Kier alpha value is -2.37. The summed E-state index contributed by atoms with van der Waals surface area (Å²) in [6.07, 6.45) is 1.23. The lowest BCUT2D eigenvalue weighted by molar-refractivity contribution is -0.146. The van der Waals surface area contributed by atoms with Gasteiger partial charge in [0.05, 0.1) is 13.0 Å². The number of aromatic nitrogens is 3. The lowest BCUT2D eigenvalue weighted by Gasteiger charge is -2.24. The highest BCUT2D eigenvalue weighted by molar-refractivity contribution is 5.72. The van der Waals surface area contributed by atoms with Crippen LogP contribution in [0.4, 0.5) is 0 Å². The summed E-state index contributed by atoms with van der Waals surface area (Å²) in [7, 11) is 1.43. The van der Waals surface area contributed by atoms with Crippen LogP contribution in [0.25, 0.3) is 0 Å². The first-order chi connectivity index (χ1) is 11.5. The van der Waals surface area contributed by atoms with Gasteiger partial charge in [-0.3, -0.25) is 4.79 Å². The average molecular weight is 329 g/mol. The highest BCUT2D eigenvalue weighted by Crippen LogP contribution is 2.28. The summed E-state index contributed by atoms with van der Waals surface area (Å²) in [6.45, 7) is 6.61. The lowest BCUT2D eigenvalue weighted by atomic mass is 9.99. The molecule has 2 atom stereocenters. The Morgan fingerprint density at radius 1 is 1.33 bits per heavy atom. The fraction of sp³-hybridized carbons (Fsp3) is 0.500. The molecule has 0 saturated carbocycles. The van der Waals surface area contributed by atoms with E-state index in [9.17, 15) is 4.79 Å². The average Bonchev–Trinajstić information content (AvgIpc) is 3.01. The molecule has 1 aromatic heterocycles. The summed E-state index contributed by atoms with van der Waals surface area (Å²) >= 11 is 0. The monoisotopic (exact) mass is 329 g/mol. The third-order valence-corrected chi connectivity index (χ3v) is 4.73. The number of ether oxygens (including phenoxy) is 2. The van der Waals surface area contributed by atoms with Crippen LogP contribution in [0, 0.1) is 19.8 Å². The van der Waals surface area contributed by atoms with Crippen LogP contribution in [0.5, 0.6) is 5.75 Å². The molecule has 0 aliphatic carbocycles.